The first-order valence-corrected chi connectivity index (χ1v) is 6.37. The van der Waals surface area contributed by atoms with Gasteiger partial charge in [0.15, 0.2) is 5.82 Å². The molecule has 3 N–H and O–H groups in total. The summed E-state index contributed by atoms with van der Waals surface area (Å²) in [6.07, 6.45) is 2.71. The van der Waals surface area contributed by atoms with E-state index in [0.29, 0.717) is 6.42 Å². The van der Waals surface area contributed by atoms with E-state index in [1.165, 1.54) is 12.3 Å². The highest BCUT2D eigenvalue weighted by molar-refractivity contribution is 6.39. The van der Waals surface area contributed by atoms with Crippen LogP contribution in [0, 0.1) is 0 Å². The van der Waals surface area contributed by atoms with E-state index in [9.17, 15) is 14.7 Å². The SMILES string of the molecule is Cn1cccc1[C@H](O)CCNC(=O)C(=O)Nc1ccon1. The van der Waals surface area contributed by atoms with Crippen LogP contribution in [0.3, 0.4) is 0 Å². The van der Waals surface area contributed by atoms with Gasteiger partial charge in [-0.05, 0) is 18.6 Å². The van der Waals surface area contributed by atoms with E-state index in [-0.39, 0.29) is 12.4 Å². The maximum absolute atomic E-state index is 11.5. The van der Waals surface area contributed by atoms with Crippen molar-refractivity contribution in [3.63, 3.8) is 0 Å². The quantitative estimate of drug-likeness (QED) is 0.682. The number of amides is 2. The van der Waals surface area contributed by atoms with Crippen molar-refractivity contribution in [2.45, 2.75) is 12.5 Å². The number of aliphatic hydroxyl groups excluding tert-OH is 1. The number of nitrogens with zero attached hydrogens (tertiary/aromatic N) is 2. The molecule has 0 aliphatic heterocycles. The van der Waals surface area contributed by atoms with Crippen molar-refractivity contribution >= 4 is 17.6 Å². The summed E-state index contributed by atoms with van der Waals surface area (Å²) in [5.41, 5.74) is 0.747. The summed E-state index contributed by atoms with van der Waals surface area (Å²) in [7, 11) is 1.82. The molecule has 2 rings (SSSR count). The fourth-order valence-electron chi connectivity index (χ4n) is 1.82. The number of hydrogen-bond donors (Lipinski definition) is 3. The molecule has 0 saturated carbocycles. The maximum atomic E-state index is 11.5. The summed E-state index contributed by atoms with van der Waals surface area (Å²) in [5, 5.41) is 18.1. The molecule has 2 amide bonds. The van der Waals surface area contributed by atoms with Gasteiger partial charge in [0.1, 0.15) is 6.26 Å². The van der Waals surface area contributed by atoms with Crippen molar-refractivity contribution in [3.8, 4) is 0 Å². The molecule has 0 unspecified atom stereocenters. The van der Waals surface area contributed by atoms with Crippen molar-refractivity contribution in [1.82, 2.24) is 15.0 Å². The zero-order chi connectivity index (χ0) is 15.2. The lowest BCUT2D eigenvalue weighted by Crippen LogP contribution is -2.36. The van der Waals surface area contributed by atoms with Crippen molar-refractivity contribution in [3.05, 3.63) is 36.4 Å². The lowest BCUT2D eigenvalue weighted by atomic mass is 10.2. The van der Waals surface area contributed by atoms with Gasteiger partial charge in [0.05, 0.1) is 6.10 Å². The Morgan fingerprint density at radius 1 is 1.43 bits per heavy atom. The number of nitrogens with one attached hydrogen (secondary N) is 2. The number of aryl methyl sites for hydroxylation is 1. The van der Waals surface area contributed by atoms with Crippen molar-refractivity contribution < 1.29 is 19.2 Å². The van der Waals surface area contributed by atoms with Crippen molar-refractivity contribution in [2.24, 2.45) is 7.05 Å². The minimum absolute atomic E-state index is 0.166. The number of anilines is 1. The van der Waals surface area contributed by atoms with Crippen molar-refractivity contribution in [2.75, 3.05) is 11.9 Å². The van der Waals surface area contributed by atoms with Gasteiger partial charge in [-0.3, -0.25) is 14.9 Å². The molecule has 0 radical (unpaired) electrons. The molecule has 1 atom stereocenters. The smallest absolute Gasteiger partial charge is 0.314 e. The average molecular weight is 292 g/mol. The summed E-state index contributed by atoms with van der Waals surface area (Å²) in [5.74, 6) is -1.46. The largest absolute Gasteiger partial charge is 0.387 e. The Kier molecular flexibility index (Phi) is 4.72. The van der Waals surface area contributed by atoms with Crippen molar-refractivity contribution in [1.29, 1.82) is 0 Å². The zero-order valence-electron chi connectivity index (χ0n) is 11.4. The van der Waals surface area contributed by atoms with Crippen LogP contribution in [-0.4, -0.2) is 33.2 Å². The fourth-order valence-corrected chi connectivity index (χ4v) is 1.82. The highest BCUT2D eigenvalue weighted by Gasteiger charge is 2.16. The highest BCUT2D eigenvalue weighted by atomic mass is 16.5. The normalized spacial score (nSPS) is 11.9. The van der Waals surface area contributed by atoms with E-state index in [1.807, 2.05) is 19.3 Å². The van der Waals surface area contributed by atoms with Gasteiger partial charge in [-0.1, -0.05) is 5.16 Å². The van der Waals surface area contributed by atoms with Gasteiger partial charge >= 0.3 is 11.8 Å². The van der Waals surface area contributed by atoms with Gasteiger partial charge in [-0.2, -0.15) is 0 Å². The minimum atomic E-state index is -0.836. The number of carbonyl (C=O) groups is 2. The van der Waals surface area contributed by atoms with Gasteiger partial charge < -0.3 is 19.5 Å². The Balaban J connectivity index is 1.74. The molecule has 112 valence electrons. The zero-order valence-corrected chi connectivity index (χ0v) is 11.4. The molecule has 0 bridgehead atoms. The van der Waals surface area contributed by atoms with E-state index in [4.69, 9.17) is 0 Å². The Bertz CT molecular complexity index is 605. The Morgan fingerprint density at radius 2 is 2.24 bits per heavy atom. The van der Waals surface area contributed by atoms with Gasteiger partial charge in [0.2, 0.25) is 0 Å². The number of carbonyl (C=O) groups excluding carboxylic acids is 2. The second-order valence-electron chi connectivity index (χ2n) is 4.44. The third-order valence-electron chi connectivity index (χ3n) is 2.91. The lowest BCUT2D eigenvalue weighted by Gasteiger charge is -2.12. The number of hydrogen-bond acceptors (Lipinski definition) is 5. The van der Waals surface area contributed by atoms with Crippen LogP contribution in [0.5, 0.6) is 0 Å². The summed E-state index contributed by atoms with van der Waals surface area (Å²) >= 11 is 0. The summed E-state index contributed by atoms with van der Waals surface area (Å²) in [4.78, 5) is 23.0. The molecule has 0 saturated heterocycles. The molecule has 2 heterocycles. The predicted molar refractivity (Wildman–Crippen MR) is 73.1 cm³/mol. The van der Waals surface area contributed by atoms with Gasteiger partial charge in [-0.25, -0.2) is 0 Å². The maximum Gasteiger partial charge on any atom is 0.314 e. The Labute approximate surface area is 120 Å². The molecule has 0 aromatic carbocycles. The highest BCUT2D eigenvalue weighted by Crippen LogP contribution is 2.15. The summed E-state index contributed by atoms with van der Waals surface area (Å²) in [6, 6.07) is 5.04. The van der Waals surface area contributed by atoms with Crippen LogP contribution < -0.4 is 10.6 Å². The molecule has 0 aliphatic carbocycles. The predicted octanol–water partition coefficient (Wildman–Crippen LogP) is 0.191. The van der Waals surface area contributed by atoms with Crippen LogP contribution in [-0.2, 0) is 16.6 Å². The van der Waals surface area contributed by atoms with Crippen LogP contribution in [0.1, 0.15) is 18.2 Å². The number of aromatic nitrogens is 2. The van der Waals surface area contributed by atoms with E-state index < -0.39 is 17.9 Å². The van der Waals surface area contributed by atoms with E-state index in [1.54, 1.807) is 10.6 Å². The lowest BCUT2D eigenvalue weighted by molar-refractivity contribution is -0.136. The fraction of sp³-hybridized carbons (Fsp3) is 0.308. The molecule has 0 fully saturated rings. The molecule has 2 aromatic rings. The van der Waals surface area contributed by atoms with Crippen LogP contribution in [0.15, 0.2) is 35.2 Å². The first kappa shape index (κ1) is 14.8. The second kappa shape index (κ2) is 6.71. The Morgan fingerprint density at radius 3 is 2.86 bits per heavy atom. The molecule has 0 aliphatic rings. The summed E-state index contributed by atoms with van der Waals surface area (Å²) in [6.45, 7) is 0.178. The first-order chi connectivity index (χ1) is 10.1. The molecule has 8 nitrogen and oxygen atoms in total. The van der Waals surface area contributed by atoms with E-state index >= 15 is 0 Å². The monoisotopic (exact) mass is 292 g/mol. The number of rotatable bonds is 5. The van der Waals surface area contributed by atoms with Gasteiger partial charge in [0.25, 0.3) is 0 Å². The standard InChI is InChI=1S/C13H16N4O4/c1-17-7-2-3-9(17)10(18)4-6-14-12(19)13(20)15-11-5-8-21-16-11/h2-3,5,7-8,10,18H,4,6H2,1H3,(H,14,19)(H,15,16,20)/t10-/m1/s1. The van der Waals surface area contributed by atoms with E-state index in [0.717, 1.165) is 5.69 Å². The third kappa shape index (κ3) is 3.93. The summed E-state index contributed by atoms with van der Waals surface area (Å²) < 4.78 is 6.32. The minimum Gasteiger partial charge on any atom is -0.387 e. The molecule has 8 heteroatoms. The number of aliphatic hydroxyl groups is 1. The molecule has 21 heavy (non-hydrogen) atoms. The van der Waals surface area contributed by atoms with Crippen LogP contribution >= 0.6 is 0 Å². The molecular formula is C13H16N4O4. The van der Waals surface area contributed by atoms with Crippen LogP contribution in [0.25, 0.3) is 0 Å². The molecule has 2 aromatic heterocycles. The topological polar surface area (TPSA) is 109 Å². The molecular weight excluding hydrogens is 276 g/mol. The van der Waals surface area contributed by atoms with Crippen LogP contribution in [0.2, 0.25) is 0 Å². The van der Waals surface area contributed by atoms with Gasteiger partial charge in [-0.15, -0.1) is 0 Å². The average Bonchev–Trinajstić information content (AvgIpc) is 3.09. The van der Waals surface area contributed by atoms with E-state index in [2.05, 4.69) is 20.3 Å². The first-order valence-electron chi connectivity index (χ1n) is 6.37. The van der Waals surface area contributed by atoms with Crippen LogP contribution in [0.4, 0.5) is 5.82 Å². The second-order valence-corrected chi connectivity index (χ2v) is 4.44. The molecule has 0 spiro atoms. The Hall–Kier alpha value is -2.61. The van der Waals surface area contributed by atoms with Gasteiger partial charge in [0, 0.05) is 31.5 Å². The third-order valence-corrected chi connectivity index (χ3v) is 2.91.